The zero-order valence-corrected chi connectivity index (χ0v) is 21.8. The summed E-state index contributed by atoms with van der Waals surface area (Å²) in [5, 5.41) is 3.50. The van der Waals surface area contributed by atoms with Crippen LogP contribution >= 0.6 is 23.4 Å². The fraction of sp³-hybridized carbons (Fsp3) is 0.259. The van der Waals surface area contributed by atoms with Crippen LogP contribution in [0.2, 0.25) is 5.02 Å². The molecule has 0 aromatic heterocycles. The summed E-state index contributed by atoms with van der Waals surface area (Å²) >= 11 is 7.73. The van der Waals surface area contributed by atoms with E-state index in [4.69, 9.17) is 21.1 Å². The van der Waals surface area contributed by atoms with E-state index in [1.807, 2.05) is 55.5 Å². The molecule has 5 rings (SSSR count). The first-order valence-electron chi connectivity index (χ1n) is 11.5. The van der Waals surface area contributed by atoms with Crippen molar-refractivity contribution in [3.8, 4) is 11.5 Å². The largest absolute Gasteiger partial charge is 0.497 e. The second-order valence-corrected chi connectivity index (χ2v) is 10.4. The molecule has 2 aliphatic heterocycles. The molecular formula is C27H26ClN3O4S. The zero-order chi connectivity index (χ0) is 25.4. The van der Waals surface area contributed by atoms with E-state index in [1.165, 1.54) is 11.8 Å². The standard InChI is InChI=1S/C27H26ClN3O4S/c1-17-7-8-19(14-23(17)28)29-26(33)31-11-12-36-27(31)22-15-21(35-3)9-10-24(22)30(25(27)32)16-18-5-4-6-20(13-18)34-2/h4-10,13-15H,11-12,16H2,1-3H3,(H,29,33). The Morgan fingerprint density at radius 1 is 1.08 bits per heavy atom. The van der Waals surface area contributed by atoms with Gasteiger partial charge in [0.25, 0.3) is 5.91 Å². The van der Waals surface area contributed by atoms with Gasteiger partial charge in [0.2, 0.25) is 0 Å². The third-order valence-electron chi connectivity index (χ3n) is 6.54. The highest BCUT2D eigenvalue weighted by Crippen LogP contribution is 2.55. The van der Waals surface area contributed by atoms with Crippen molar-refractivity contribution in [1.82, 2.24) is 4.90 Å². The highest BCUT2D eigenvalue weighted by atomic mass is 35.5. The Bertz CT molecular complexity index is 1350. The van der Waals surface area contributed by atoms with Gasteiger partial charge in [0, 0.05) is 28.6 Å². The average molecular weight is 524 g/mol. The van der Waals surface area contributed by atoms with E-state index in [-0.39, 0.29) is 11.9 Å². The lowest BCUT2D eigenvalue weighted by atomic mass is 10.1. The minimum absolute atomic E-state index is 0.159. The number of rotatable bonds is 5. The summed E-state index contributed by atoms with van der Waals surface area (Å²) in [5.74, 6) is 1.81. The van der Waals surface area contributed by atoms with Crippen molar-refractivity contribution in [2.24, 2.45) is 0 Å². The molecule has 36 heavy (non-hydrogen) atoms. The Hall–Kier alpha value is -3.36. The Balaban J connectivity index is 1.53. The summed E-state index contributed by atoms with van der Waals surface area (Å²) in [6.45, 7) is 2.67. The van der Waals surface area contributed by atoms with Gasteiger partial charge in [-0.3, -0.25) is 9.69 Å². The molecule has 7 nitrogen and oxygen atoms in total. The van der Waals surface area contributed by atoms with Crippen molar-refractivity contribution >= 4 is 46.7 Å². The Morgan fingerprint density at radius 3 is 2.61 bits per heavy atom. The summed E-state index contributed by atoms with van der Waals surface area (Å²) in [4.78, 5) is 29.9. The molecule has 3 aromatic rings. The summed E-state index contributed by atoms with van der Waals surface area (Å²) in [5.41, 5.74) is 3.92. The Kier molecular flexibility index (Phi) is 6.49. The van der Waals surface area contributed by atoms with E-state index in [0.29, 0.717) is 35.3 Å². The number of methoxy groups -OCH3 is 2. The highest BCUT2D eigenvalue weighted by Gasteiger charge is 2.59. The van der Waals surface area contributed by atoms with Gasteiger partial charge in [0.15, 0.2) is 4.87 Å². The van der Waals surface area contributed by atoms with E-state index < -0.39 is 4.87 Å². The quantitative estimate of drug-likeness (QED) is 0.468. The van der Waals surface area contributed by atoms with Crippen molar-refractivity contribution in [2.45, 2.75) is 18.3 Å². The molecule has 1 saturated heterocycles. The number of thioether (sulfide) groups is 1. The molecule has 2 aliphatic rings. The average Bonchev–Trinajstić information content (AvgIpc) is 3.43. The minimum atomic E-state index is -1.19. The number of nitrogens with zero attached hydrogens (tertiary/aromatic N) is 2. The fourth-order valence-corrected chi connectivity index (χ4v) is 6.33. The molecule has 1 spiro atoms. The number of amides is 3. The third kappa shape index (κ3) is 4.04. The van der Waals surface area contributed by atoms with E-state index in [9.17, 15) is 9.59 Å². The molecule has 186 valence electrons. The van der Waals surface area contributed by atoms with Crippen LogP contribution in [0.4, 0.5) is 16.2 Å². The molecule has 1 fully saturated rings. The monoisotopic (exact) mass is 523 g/mol. The molecular weight excluding hydrogens is 498 g/mol. The number of halogens is 1. The number of urea groups is 1. The van der Waals surface area contributed by atoms with E-state index in [2.05, 4.69) is 5.32 Å². The van der Waals surface area contributed by atoms with E-state index >= 15 is 0 Å². The predicted molar refractivity (Wildman–Crippen MR) is 143 cm³/mol. The Morgan fingerprint density at radius 2 is 1.86 bits per heavy atom. The van der Waals surface area contributed by atoms with Crippen molar-refractivity contribution in [3.63, 3.8) is 0 Å². The first kappa shape index (κ1) is 24.3. The molecule has 9 heteroatoms. The summed E-state index contributed by atoms with van der Waals surface area (Å²) < 4.78 is 10.9. The van der Waals surface area contributed by atoms with Gasteiger partial charge in [0.05, 0.1) is 26.5 Å². The molecule has 0 saturated carbocycles. The molecule has 0 bridgehead atoms. The van der Waals surface area contributed by atoms with Crippen LogP contribution in [0, 0.1) is 6.92 Å². The van der Waals surface area contributed by atoms with Gasteiger partial charge in [0.1, 0.15) is 11.5 Å². The van der Waals surface area contributed by atoms with E-state index in [0.717, 1.165) is 28.1 Å². The van der Waals surface area contributed by atoms with E-state index in [1.54, 1.807) is 36.2 Å². The van der Waals surface area contributed by atoms with Gasteiger partial charge in [-0.25, -0.2) is 4.79 Å². The number of ether oxygens (including phenoxy) is 2. The second-order valence-electron chi connectivity index (χ2n) is 8.66. The van der Waals surface area contributed by atoms with Crippen molar-refractivity contribution in [1.29, 1.82) is 0 Å². The van der Waals surface area contributed by atoms with Crippen LogP contribution < -0.4 is 19.7 Å². The number of hydrogen-bond donors (Lipinski definition) is 1. The SMILES string of the molecule is COc1cccc(CN2C(=O)C3(SCCN3C(=O)Nc3ccc(C)c(Cl)c3)c3cc(OC)ccc32)c1. The lowest BCUT2D eigenvalue weighted by molar-refractivity contribution is -0.123. The van der Waals surface area contributed by atoms with Gasteiger partial charge in [-0.05, 0) is 60.5 Å². The lowest BCUT2D eigenvalue weighted by Crippen LogP contribution is -2.51. The lowest BCUT2D eigenvalue weighted by Gasteiger charge is -2.33. The highest BCUT2D eigenvalue weighted by molar-refractivity contribution is 8.01. The minimum Gasteiger partial charge on any atom is -0.497 e. The molecule has 2 heterocycles. The Labute approximate surface area is 219 Å². The summed E-state index contributed by atoms with van der Waals surface area (Å²) in [6, 6.07) is 18.2. The van der Waals surface area contributed by atoms with Crippen LogP contribution in [0.5, 0.6) is 11.5 Å². The number of carbonyl (C=O) groups is 2. The maximum absolute atomic E-state index is 14.2. The van der Waals surface area contributed by atoms with Gasteiger partial charge in [-0.15, -0.1) is 11.8 Å². The van der Waals surface area contributed by atoms with Crippen LogP contribution in [-0.2, 0) is 16.2 Å². The third-order valence-corrected chi connectivity index (χ3v) is 8.37. The van der Waals surface area contributed by atoms with Crippen LogP contribution in [-0.4, -0.2) is 43.4 Å². The van der Waals surface area contributed by atoms with Crippen molar-refractivity contribution in [3.05, 3.63) is 82.4 Å². The molecule has 3 aromatic carbocycles. The van der Waals surface area contributed by atoms with Crippen molar-refractivity contribution < 1.29 is 19.1 Å². The maximum atomic E-state index is 14.2. The topological polar surface area (TPSA) is 71.1 Å². The normalized spacial score (nSPS) is 18.5. The fourth-order valence-electron chi connectivity index (χ4n) is 4.69. The number of fused-ring (bicyclic) bond motifs is 2. The first-order valence-corrected chi connectivity index (χ1v) is 12.9. The predicted octanol–water partition coefficient (Wildman–Crippen LogP) is 5.65. The molecule has 0 aliphatic carbocycles. The van der Waals surface area contributed by atoms with Crippen LogP contribution in [0.15, 0.2) is 60.7 Å². The molecule has 1 N–H and O–H groups in total. The zero-order valence-electron chi connectivity index (χ0n) is 20.2. The van der Waals surface area contributed by atoms with Gasteiger partial charge < -0.3 is 19.7 Å². The number of hydrogen-bond acceptors (Lipinski definition) is 5. The van der Waals surface area contributed by atoms with Crippen LogP contribution in [0.1, 0.15) is 16.7 Å². The number of anilines is 2. The maximum Gasteiger partial charge on any atom is 0.323 e. The number of nitrogens with one attached hydrogen (secondary N) is 1. The molecule has 1 unspecified atom stereocenters. The number of carbonyl (C=O) groups excluding carboxylic acids is 2. The van der Waals surface area contributed by atoms with Gasteiger partial charge in [-0.1, -0.05) is 29.8 Å². The smallest absolute Gasteiger partial charge is 0.323 e. The van der Waals surface area contributed by atoms with Gasteiger partial charge >= 0.3 is 6.03 Å². The molecule has 1 atom stereocenters. The van der Waals surface area contributed by atoms with Crippen LogP contribution in [0.25, 0.3) is 0 Å². The molecule has 0 radical (unpaired) electrons. The number of benzene rings is 3. The molecule has 3 amide bonds. The van der Waals surface area contributed by atoms with Crippen LogP contribution in [0.3, 0.4) is 0 Å². The second kappa shape index (κ2) is 9.59. The number of aryl methyl sites for hydroxylation is 1. The summed E-state index contributed by atoms with van der Waals surface area (Å²) in [7, 11) is 3.20. The van der Waals surface area contributed by atoms with Gasteiger partial charge in [-0.2, -0.15) is 0 Å². The van der Waals surface area contributed by atoms with Crippen molar-refractivity contribution in [2.75, 3.05) is 36.7 Å². The first-order chi connectivity index (χ1) is 17.4. The summed E-state index contributed by atoms with van der Waals surface area (Å²) in [6.07, 6.45) is 0.